The fraction of sp³-hybridized carbons (Fsp3) is 0.462. The Morgan fingerprint density at radius 1 is 1.31 bits per heavy atom. The van der Waals surface area contributed by atoms with Gasteiger partial charge >= 0.3 is 0 Å². The average molecular weight is 215 g/mol. The van der Waals surface area contributed by atoms with Gasteiger partial charge in [-0.15, -0.1) is 0 Å². The molecule has 3 rings (SSSR count). The first-order valence-corrected chi connectivity index (χ1v) is 5.97. The second-order valence-electron chi connectivity index (χ2n) is 4.65. The molecule has 0 radical (unpaired) electrons. The molecular formula is C13H17N3. The van der Waals surface area contributed by atoms with E-state index in [0.717, 1.165) is 25.3 Å². The first kappa shape index (κ1) is 9.70. The van der Waals surface area contributed by atoms with Crippen molar-refractivity contribution in [3.8, 4) is 0 Å². The van der Waals surface area contributed by atoms with E-state index in [1.165, 1.54) is 11.3 Å². The maximum absolute atomic E-state index is 4.53. The number of benzene rings is 1. The Kier molecular flexibility index (Phi) is 2.31. The molecule has 1 aromatic carbocycles. The topological polar surface area (TPSA) is 36.4 Å². The van der Waals surface area contributed by atoms with Crippen molar-refractivity contribution >= 4 is 11.5 Å². The fourth-order valence-corrected chi connectivity index (χ4v) is 2.58. The third-order valence-corrected chi connectivity index (χ3v) is 3.43. The lowest BCUT2D eigenvalue weighted by Gasteiger charge is -2.32. The Labute approximate surface area is 96.0 Å². The van der Waals surface area contributed by atoms with Crippen LogP contribution in [-0.4, -0.2) is 25.0 Å². The van der Waals surface area contributed by atoms with Crippen molar-refractivity contribution in [1.29, 1.82) is 0 Å². The molecule has 3 heteroatoms. The van der Waals surface area contributed by atoms with Gasteiger partial charge in [0.1, 0.15) is 5.84 Å². The van der Waals surface area contributed by atoms with Crippen LogP contribution in [0.3, 0.4) is 0 Å². The van der Waals surface area contributed by atoms with Crippen molar-refractivity contribution in [3.63, 3.8) is 0 Å². The highest BCUT2D eigenvalue weighted by Gasteiger charge is 2.29. The van der Waals surface area contributed by atoms with Crippen LogP contribution in [0.5, 0.6) is 0 Å². The smallest absolute Gasteiger partial charge is 0.119 e. The SMILES string of the molecule is C[C@@H]1Cc2ccccc2N[C@@H]1C1=NCCN1. The number of amidine groups is 1. The van der Waals surface area contributed by atoms with Gasteiger partial charge in [-0.3, -0.25) is 4.99 Å². The number of anilines is 1. The van der Waals surface area contributed by atoms with Crippen LogP contribution in [0.25, 0.3) is 0 Å². The van der Waals surface area contributed by atoms with E-state index in [9.17, 15) is 0 Å². The van der Waals surface area contributed by atoms with Gasteiger partial charge in [0.2, 0.25) is 0 Å². The van der Waals surface area contributed by atoms with Gasteiger partial charge in [0.15, 0.2) is 0 Å². The highest BCUT2D eigenvalue weighted by molar-refractivity contribution is 5.92. The number of para-hydroxylation sites is 1. The van der Waals surface area contributed by atoms with Gasteiger partial charge < -0.3 is 10.6 Å². The van der Waals surface area contributed by atoms with E-state index in [2.05, 4.69) is 46.8 Å². The Morgan fingerprint density at radius 2 is 2.19 bits per heavy atom. The van der Waals surface area contributed by atoms with Gasteiger partial charge in [-0.2, -0.15) is 0 Å². The van der Waals surface area contributed by atoms with E-state index in [0.29, 0.717) is 12.0 Å². The largest absolute Gasteiger partial charge is 0.375 e. The summed E-state index contributed by atoms with van der Waals surface area (Å²) in [6.45, 7) is 4.19. The lowest BCUT2D eigenvalue weighted by Crippen LogP contribution is -2.44. The van der Waals surface area contributed by atoms with Crippen LogP contribution < -0.4 is 10.6 Å². The molecule has 0 unspecified atom stereocenters. The lowest BCUT2D eigenvalue weighted by molar-refractivity contribution is 0.537. The van der Waals surface area contributed by atoms with Crippen LogP contribution in [-0.2, 0) is 6.42 Å². The minimum atomic E-state index is 0.359. The first-order valence-electron chi connectivity index (χ1n) is 5.97. The summed E-state index contributed by atoms with van der Waals surface area (Å²) in [5.41, 5.74) is 2.69. The predicted molar refractivity (Wildman–Crippen MR) is 67.0 cm³/mol. The molecule has 3 nitrogen and oxygen atoms in total. The Hall–Kier alpha value is -1.51. The maximum atomic E-state index is 4.53. The van der Waals surface area contributed by atoms with E-state index in [4.69, 9.17) is 0 Å². The van der Waals surface area contributed by atoms with E-state index >= 15 is 0 Å². The van der Waals surface area contributed by atoms with Crippen molar-refractivity contribution in [1.82, 2.24) is 5.32 Å². The number of rotatable bonds is 1. The predicted octanol–water partition coefficient (Wildman–Crippen LogP) is 1.66. The molecule has 2 N–H and O–H groups in total. The zero-order valence-corrected chi connectivity index (χ0v) is 9.53. The van der Waals surface area contributed by atoms with E-state index < -0.39 is 0 Å². The standard InChI is InChI=1S/C13H17N3/c1-9-8-10-4-2-3-5-11(10)16-12(9)13-14-6-7-15-13/h2-5,9,12,16H,6-8H2,1H3,(H,14,15)/t9-,12+/m1/s1. The van der Waals surface area contributed by atoms with Gasteiger partial charge in [0, 0.05) is 12.2 Å². The van der Waals surface area contributed by atoms with Gasteiger partial charge in [0.25, 0.3) is 0 Å². The lowest BCUT2D eigenvalue weighted by atomic mass is 9.88. The summed E-state index contributed by atoms with van der Waals surface area (Å²) in [6.07, 6.45) is 1.13. The van der Waals surface area contributed by atoms with Gasteiger partial charge in [-0.05, 0) is 24.0 Å². The molecule has 0 fully saturated rings. The van der Waals surface area contributed by atoms with Crippen molar-refractivity contribution in [2.45, 2.75) is 19.4 Å². The summed E-state index contributed by atoms with van der Waals surface area (Å²) in [5.74, 6) is 1.74. The van der Waals surface area contributed by atoms with Crippen LogP contribution in [0.1, 0.15) is 12.5 Å². The van der Waals surface area contributed by atoms with Crippen molar-refractivity contribution in [2.75, 3.05) is 18.4 Å². The minimum Gasteiger partial charge on any atom is -0.375 e. The second-order valence-corrected chi connectivity index (χ2v) is 4.65. The molecule has 0 amide bonds. The summed E-state index contributed by atoms with van der Waals surface area (Å²) in [5, 5.41) is 6.97. The molecule has 16 heavy (non-hydrogen) atoms. The van der Waals surface area contributed by atoms with E-state index in [1.54, 1.807) is 0 Å². The molecule has 2 aliphatic heterocycles. The summed E-state index contributed by atoms with van der Waals surface area (Å²) < 4.78 is 0. The molecule has 2 aliphatic rings. The molecule has 0 saturated heterocycles. The molecule has 2 atom stereocenters. The Balaban J connectivity index is 1.89. The molecule has 2 heterocycles. The van der Waals surface area contributed by atoms with Crippen molar-refractivity contribution in [2.24, 2.45) is 10.9 Å². The molecule has 0 bridgehead atoms. The molecule has 0 aliphatic carbocycles. The number of nitrogens with one attached hydrogen (secondary N) is 2. The van der Waals surface area contributed by atoms with E-state index in [-0.39, 0.29) is 0 Å². The third kappa shape index (κ3) is 1.56. The van der Waals surface area contributed by atoms with Crippen LogP contribution >= 0.6 is 0 Å². The number of hydrogen-bond acceptors (Lipinski definition) is 3. The molecule has 0 aromatic heterocycles. The minimum absolute atomic E-state index is 0.359. The molecule has 0 spiro atoms. The van der Waals surface area contributed by atoms with Gasteiger partial charge in [0.05, 0.1) is 12.6 Å². The van der Waals surface area contributed by atoms with Crippen LogP contribution in [0, 0.1) is 5.92 Å². The van der Waals surface area contributed by atoms with Gasteiger partial charge in [-0.25, -0.2) is 0 Å². The normalized spacial score (nSPS) is 27.7. The number of hydrogen-bond donors (Lipinski definition) is 2. The molecule has 1 aromatic rings. The van der Waals surface area contributed by atoms with Gasteiger partial charge in [-0.1, -0.05) is 25.1 Å². The number of aliphatic imine (C=N–C) groups is 1. The highest BCUT2D eigenvalue weighted by atomic mass is 15.1. The summed E-state index contributed by atoms with van der Waals surface area (Å²) in [7, 11) is 0. The molecule has 0 saturated carbocycles. The average Bonchev–Trinajstić information content (AvgIpc) is 2.81. The maximum Gasteiger partial charge on any atom is 0.119 e. The van der Waals surface area contributed by atoms with Crippen LogP contribution in [0.4, 0.5) is 5.69 Å². The summed E-state index contributed by atoms with van der Waals surface area (Å²) in [4.78, 5) is 4.53. The Morgan fingerprint density at radius 3 is 3.00 bits per heavy atom. The zero-order chi connectivity index (χ0) is 11.0. The van der Waals surface area contributed by atoms with E-state index in [1.807, 2.05) is 0 Å². The summed E-state index contributed by atoms with van der Waals surface area (Å²) >= 11 is 0. The molecular weight excluding hydrogens is 198 g/mol. The summed E-state index contributed by atoms with van der Waals surface area (Å²) in [6, 6.07) is 8.92. The van der Waals surface area contributed by atoms with Crippen molar-refractivity contribution in [3.05, 3.63) is 29.8 Å². The first-order chi connectivity index (χ1) is 7.84. The third-order valence-electron chi connectivity index (χ3n) is 3.43. The fourth-order valence-electron chi connectivity index (χ4n) is 2.58. The second kappa shape index (κ2) is 3.81. The number of fused-ring (bicyclic) bond motifs is 1. The monoisotopic (exact) mass is 215 g/mol. The zero-order valence-electron chi connectivity index (χ0n) is 9.53. The van der Waals surface area contributed by atoms with Crippen LogP contribution in [0.2, 0.25) is 0 Å². The quantitative estimate of drug-likeness (QED) is 0.747. The molecule has 84 valence electrons. The highest BCUT2D eigenvalue weighted by Crippen LogP contribution is 2.28. The Bertz CT molecular complexity index is 425. The van der Waals surface area contributed by atoms with Crippen LogP contribution in [0.15, 0.2) is 29.3 Å². The van der Waals surface area contributed by atoms with Crippen molar-refractivity contribution < 1.29 is 0 Å². The number of nitrogens with zero attached hydrogens (tertiary/aromatic N) is 1.